The summed E-state index contributed by atoms with van der Waals surface area (Å²) < 4.78 is 0. The Labute approximate surface area is 114 Å². The lowest BCUT2D eigenvalue weighted by Crippen LogP contribution is -2.08. The van der Waals surface area contributed by atoms with Crippen LogP contribution in [0, 0.1) is 0 Å². The summed E-state index contributed by atoms with van der Waals surface area (Å²) in [6, 6.07) is 11.7. The summed E-state index contributed by atoms with van der Waals surface area (Å²) in [5.41, 5.74) is 2.34. The summed E-state index contributed by atoms with van der Waals surface area (Å²) in [5.74, 6) is 5.72. The Morgan fingerprint density at radius 2 is 1.95 bits per heavy atom. The summed E-state index contributed by atoms with van der Waals surface area (Å²) in [6.07, 6.45) is 0. The molecule has 6 heteroatoms. The van der Waals surface area contributed by atoms with Crippen molar-refractivity contribution in [3.05, 3.63) is 53.9 Å². The second-order valence-corrected chi connectivity index (χ2v) is 4.28. The van der Waals surface area contributed by atoms with Crippen molar-refractivity contribution in [1.29, 1.82) is 0 Å². The maximum Gasteiger partial charge on any atom is 0.159 e. The number of hydrogen-bond donors (Lipinski definition) is 4. The van der Waals surface area contributed by atoms with E-state index in [-0.39, 0.29) is 11.5 Å². The largest absolute Gasteiger partial charge is 0.508 e. The lowest BCUT2D eigenvalue weighted by Gasteiger charge is -2.05. The fraction of sp³-hybridized carbons (Fsp3) is 0. The fourth-order valence-electron chi connectivity index (χ4n) is 2.04. The van der Waals surface area contributed by atoms with Crippen molar-refractivity contribution in [2.24, 2.45) is 10.9 Å². The predicted octanol–water partition coefficient (Wildman–Crippen LogP) is 1.69. The molecule has 5 N–H and O–H groups in total. The number of fused-ring (bicyclic) bond motifs is 1. The molecule has 6 nitrogen and oxygen atoms in total. The number of nitrogens with zero attached hydrogens (tertiary/aromatic N) is 2. The molecule has 1 heterocycles. The molecule has 20 heavy (non-hydrogen) atoms. The van der Waals surface area contributed by atoms with Crippen LogP contribution in [0.3, 0.4) is 0 Å². The van der Waals surface area contributed by atoms with Crippen molar-refractivity contribution < 1.29 is 10.2 Å². The molecule has 0 amide bonds. The van der Waals surface area contributed by atoms with Gasteiger partial charge in [-0.05, 0) is 24.3 Å². The maximum absolute atomic E-state index is 9.89. The van der Waals surface area contributed by atoms with Crippen molar-refractivity contribution in [1.82, 2.24) is 9.97 Å². The SMILES string of the molecule is N/N=C(/c1nc2ccccc2[nH]1)c1ccc(O)cc1O. The number of aromatic nitrogens is 2. The average molecular weight is 268 g/mol. The molecule has 0 radical (unpaired) electrons. The van der Waals surface area contributed by atoms with Gasteiger partial charge < -0.3 is 21.0 Å². The number of nitrogens with one attached hydrogen (secondary N) is 1. The Morgan fingerprint density at radius 3 is 2.65 bits per heavy atom. The molecule has 0 unspecified atom stereocenters. The first-order chi connectivity index (χ1) is 9.69. The molecule has 3 rings (SSSR count). The molecule has 3 aromatic rings. The number of benzene rings is 2. The smallest absolute Gasteiger partial charge is 0.159 e. The number of hydrazone groups is 1. The molecule has 0 aliphatic rings. The van der Waals surface area contributed by atoms with Crippen molar-refractivity contribution in [2.75, 3.05) is 0 Å². The van der Waals surface area contributed by atoms with Gasteiger partial charge in [-0.25, -0.2) is 4.98 Å². The predicted molar refractivity (Wildman–Crippen MR) is 75.7 cm³/mol. The van der Waals surface area contributed by atoms with E-state index in [0.717, 1.165) is 11.0 Å². The Kier molecular flexibility index (Phi) is 2.76. The molecular formula is C14H12N4O2. The number of phenolic OH excluding ortho intramolecular Hbond substituents is 2. The molecule has 0 bridgehead atoms. The van der Waals surface area contributed by atoms with Gasteiger partial charge in [-0.2, -0.15) is 5.10 Å². The summed E-state index contributed by atoms with van der Waals surface area (Å²) in [7, 11) is 0. The molecule has 1 aromatic heterocycles. The average Bonchev–Trinajstić information content (AvgIpc) is 2.85. The first kappa shape index (κ1) is 12.0. The number of imidazole rings is 1. The summed E-state index contributed by atoms with van der Waals surface area (Å²) >= 11 is 0. The molecular weight excluding hydrogens is 256 g/mol. The zero-order valence-electron chi connectivity index (χ0n) is 10.4. The zero-order valence-corrected chi connectivity index (χ0v) is 10.4. The summed E-state index contributed by atoms with van der Waals surface area (Å²) in [5, 5.41) is 22.9. The fourth-order valence-corrected chi connectivity index (χ4v) is 2.04. The second kappa shape index (κ2) is 4.58. The summed E-state index contributed by atoms with van der Waals surface area (Å²) in [4.78, 5) is 7.48. The molecule has 100 valence electrons. The minimum atomic E-state index is -0.116. The number of H-pyrrole nitrogens is 1. The third-order valence-electron chi connectivity index (χ3n) is 2.98. The van der Waals surface area contributed by atoms with Crippen molar-refractivity contribution in [3.63, 3.8) is 0 Å². The Bertz CT molecular complexity index is 775. The molecule has 0 saturated heterocycles. The number of rotatable bonds is 2. The van der Waals surface area contributed by atoms with E-state index in [1.807, 2.05) is 24.3 Å². The topological polar surface area (TPSA) is 108 Å². The van der Waals surface area contributed by atoms with Gasteiger partial charge in [0, 0.05) is 11.6 Å². The van der Waals surface area contributed by atoms with E-state index >= 15 is 0 Å². The third kappa shape index (κ3) is 1.93. The van der Waals surface area contributed by atoms with Crippen LogP contribution in [0.4, 0.5) is 0 Å². The van der Waals surface area contributed by atoms with E-state index in [1.54, 1.807) is 0 Å². The number of para-hydroxylation sites is 2. The highest BCUT2D eigenvalue weighted by Gasteiger charge is 2.15. The molecule has 0 aliphatic carbocycles. The van der Waals surface area contributed by atoms with Crippen LogP contribution in [0.2, 0.25) is 0 Å². The molecule has 0 saturated carbocycles. The highest BCUT2D eigenvalue weighted by molar-refractivity contribution is 6.13. The van der Waals surface area contributed by atoms with Crippen LogP contribution in [-0.4, -0.2) is 25.9 Å². The van der Waals surface area contributed by atoms with Gasteiger partial charge >= 0.3 is 0 Å². The van der Waals surface area contributed by atoms with Crippen LogP contribution >= 0.6 is 0 Å². The lowest BCUT2D eigenvalue weighted by molar-refractivity contribution is 0.450. The minimum absolute atomic E-state index is 0.0350. The van der Waals surface area contributed by atoms with Crippen molar-refractivity contribution >= 4 is 16.7 Å². The lowest BCUT2D eigenvalue weighted by atomic mass is 10.1. The Hall–Kier alpha value is -3.02. The van der Waals surface area contributed by atoms with Gasteiger partial charge in [0.2, 0.25) is 0 Å². The van der Waals surface area contributed by atoms with Crippen LogP contribution < -0.4 is 5.84 Å². The number of aromatic hydroxyl groups is 2. The van der Waals surface area contributed by atoms with Crippen LogP contribution in [0.1, 0.15) is 11.4 Å². The molecule has 2 aromatic carbocycles. The third-order valence-corrected chi connectivity index (χ3v) is 2.98. The van der Waals surface area contributed by atoms with Gasteiger partial charge in [0.15, 0.2) is 5.82 Å². The number of hydrogen-bond acceptors (Lipinski definition) is 5. The standard InChI is InChI=1S/C14H12N4O2/c15-18-13(9-6-5-8(19)7-12(9)20)14-16-10-3-1-2-4-11(10)17-14/h1-7,19-20H,15H2,(H,16,17)/b18-13+. The summed E-state index contributed by atoms with van der Waals surface area (Å²) in [6.45, 7) is 0. The van der Waals surface area contributed by atoms with E-state index < -0.39 is 0 Å². The normalized spacial score (nSPS) is 11.9. The maximum atomic E-state index is 9.89. The highest BCUT2D eigenvalue weighted by atomic mass is 16.3. The monoisotopic (exact) mass is 268 g/mol. The van der Waals surface area contributed by atoms with Gasteiger partial charge in [0.05, 0.1) is 11.0 Å². The Morgan fingerprint density at radius 1 is 1.15 bits per heavy atom. The van der Waals surface area contributed by atoms with Crippen molar-refractivity contribution in [3.8, 4) is 11.5 Å². The second-order valence-electron chi connectivity index (χ2n) is 4.28. The van der Waals surface area contributed by atoms with Crippen LogP contribution in [0.5, 0.6) is 11.5 Å². The van der Waals surface area contributed by atoms with Crippen LogP contribution in [-0.2, 0) is 0 Å². The van der Waals surface area contributed by atoms with Crippen molar-refractivity contribution in [2.45, 2.75) is 0 Å². The minimum Gasteiger partial charge on any atom is -0.508 e. The van der Waals surface area contributed by atoms with Gasteiger partial charge in [-0.1, -0.05) is 12.1 Å². The van der Waals surface area contributed by atoms with Gasteiger partial charge in [0.25, 0.3) is 0 Å². The first-order valence-electron chi connectivity index (χ1n) is 5.94. The van der Waals surface area contributed by atoms with E-state index in [9.17, 15) is 10.2 Å². The van der Waals surface area contributed by atoms with E-state index in [0.29, 0.717) is 17.1 Å². The molecule has 0 aliphatic heterocycles. The molecule has 0 fully saturated rings. The highest BCUT2D eigenvalue weighted by Crippen LogP contribution is 2.25. The number of phenols is 2. The van der Waals surface area contributed by atoms with Gasteiger partial charge in [0.1, 0.15) is 17.2 Å². The Balaban J connectivity index is 2.14. The zero-order chi connectivity index (χ0) is 14.1. The van der Waals surface area contributed by atoms with Crippen LogP contribution in [0.15, 0.2) is 47.6 Å². The van der Waals surface area contributed by atoms with E-state index in [4.69, 9.17) is 5.84 Å². The van der Waals surface area contributed by atoms with E-state index in [1.165, 1.54) is 18.2 Å². The quantitative estimate of drug-likeness (QED) is 0.322. The van der Waals surface area contributed by atoms with E-state index in [2.05, 4.69) is 15.1 Å². The molecule has 0 spiro atoms. The van der Waals surface area contributed by atoms with Gasteiger partial charge in [-0.15, -0.1) is 0 Å². The van der Waals surface area contributed by atoms with Gasteiger partial charge in [-0.3, -0.25) is 0 Å². The molecule has 0 atom stereocenters. The van der Waals surface area contributed by atoms with Crippen LogP contribution in [0.25, 0.3) is 11.0 Å². The number of nitrogens with two attached hydrogens (primary N) is 1. The number of aromatic amines is 1. The first-order valence-corrected chi connectivity index (χ1v) is 5.94.